The molecule has 0 saturated carbocycles. The Morgan fingerprint density at radius 1 is 1.50 bits per heavy atom. The summed E-state index contributed by atoms with van der Waals surface area (Å²) in [5.74, 6) is 0.192. The summed E-state index contributed by atoms with van der Waals surface area (Å²) in [6.07, 6.45) is 2.98. The molecule has 1 heterocycles. The number of halogens is 1. The molecule has 0 spiro atoms. The number of hydrogen-bond acceptors (Lipinski definition) is 3. The molecule has 1 saturated heterocycles. The van der Waals surface area contributed by atoms with E-state index in [0.717, 1.165) is 43.9 Å². The normalized spacial score (nSPS) is 19.1. The van der Waals surface area contributed by atoms with Gasteiger partial charge in [-0.15, -0.1) is 0 Å². The molecule has 0 radical (unpaired) electrons. The molecule has 1 unspecified atom stereocenters. The van der Waals surface area contributed by atoms with Crippen LogP contribution in [-0.4, -0.2) is 37.0 Å². The quantitative estimate of drug-likeness (QED) is 0.843. The first-order valence-electron chi connectivity index (χ1n) is 8.12. The van der Waals surface area contributed by atoms with Gasteiger partial charge >= 0.3 is 0 Å². The first-order valence-corrected chi connectivity index (χ1v) is 8.49. The molecule has 0 aromatic heterocycles. The Morgan fingerprint density at radius 2 is 2.32 bits per heavy atom. The van der Waals surface area contributed by atoms with Crippen LogP contribution < -0.4 is 11.1 Å². The lowest BCUT2D eigenvalue weighted by molar-refractivity contribution is -0.126. The Morgan fingerprint density at radius 3 is 3.05 bits per heavy atom. The minimum atomic E-state index is 0.0628. The summed E-state index contributed by atoms with van der Waals surface area (Å²) < 4.78 is 0. The number of benzene rings is 1. The predicted molar refractivity (Wildman–Crippen MR) is 90.9 cm³/mol. The van der Waals surface area contributed by atoms with Crippen LogP contribution in [0.5, 0.6) is 0 Å². The molecule has 4 nitrogen and oxygen atoms in total. The summed E-state index contributed by atoms with van der Waals surface area (Å²) in [6.45, 7) is 5.83. The van der Waals surface area contributed by atoms with E-state index < -0.39 is 0 Å². The maximum absolute atomic E-state index is 12.1. The summed E-state index contributed by atoms with van der Waals surface area (Å²) in [5.41, 5.74) is 7.94. The maximum Gasteiger partial charge on any atom is 0.224 e. The largest absolute Gasteiger partial charge is 0.355 e. The molecule has 1 fully saturated rings. The molecule has 2 rings (SSSR count). The van der Waals surface area contributed by atoms with Crippen LogP contribution in [0.25, 0.3) is 0 Å². The summed E-state index contributed by atoms with van der Waals surface area (Å²) in [5, 5.41) is 3.73. The number of amides is 1. The fourth-order valence-electron chi connectivity index (χ4n) is 3.09. The van der Waals surface area contributed by atoms with Crippen LogP contribution in [0.1, 0.15) is 30.9 Å². The van der Waals surface area contributed by atoms with E-state index in [1.807, 2.05) is 12.1 Å². The van der Waals surface area contributed by atoms with Crippen molar-refractivity contribution in [1.82, 2.24) is 10.2 Å². The van der Waals surface area contributed by atoms with Crippen LogP contribution in [0.2, 0.25) is 5.02 Å². The van der Waals surface area contributed by atoms with Gasteiger partial charge in [0.25, 0.3) is 0 Å². The smallest absolute Gasteiger partial charge is 0.224 e. The molecule has 122 valence electrons. The predicted octanol–water partition coefficient (Wildman–Crippen LogP) is 2.19. The second kappa shape index (κ2) is 8.51. The SMILES string of the molecule is CCc1cccc(Cl)c1CN1CCCC(C(=O)NCCN)C1. The van der Waals surface area contributed by atoms with Gasteiger partial charge in [-0.3, -0.25) is 9.69 Å². The molecule has 1 aliphatic heterocycles. The van der Waals surface area contributed by atoms with Crippen molar-refractivity contribution in [3.8, 4) is 0 Å². The van der Waals surface area contributed by atoms with Crippen LogP contribution in [0.15, 0.2) is 18.2 Å². The Balaban J connectivity index is 2.00. The standard InChI is InChI=1S/C17H26ClN3O/c1-2-13-5-3-7-16(18)15(13)12-21-10-4-6-14(11-21)17(22)20-9-8-19/h3,5,7,14H,2,4,6,8-12,19H2,1H3,(H,20,22). The molecule has 1 atom stereocenters. The first kappa shape index (κ1) is 17.3. The van der Waals surface area contributed by atoms with Gasteiger partial charge < -0.3 is 11.1 Å². The number of nitrogens with two attached hydrogens (primary N) is 1. The number of nitrogens with zero attached hydrogens (tertiary/aromatic N) is 1. The molecule has 1 amide bonds. The average Bonchev–Trinajstić information content (AvgIpc) is 2.54. The number of hydrogen-bond donors (Lipinski definition) is 2. The molecular weight excluding hydrogens is 298 g/mol. The summed E-state index contributed by atoms with van der Waals surface area (Å²) in [4.78, 5) is 14.5. The molecule has 0 aliphatic carbocycles. The van der Waals surface area contributed by atoms with Crippen molar-refractivity contribution in [2.24, 2.45) is 11.7 Å². The van der Waals surface area contributed by atoms with Crippen molar-refractivity contribution < 1.29 is 4.79 Å². The number of carbonyl (C=O) groups excluding carboxylic acids is 1. The van der Waals surface area contributed by atoms with Gasteiger partial charge in [0, 0.05) is 31.2 Å². The summed E-state index contributed by atoms with van der Waals surface area (Å²) in [7, 11) is 0. The van der Waals surface area contributed by atoms with Gasteiger partial charge in [-0.2, -0.15) is 0 Å². The van der Waals surface area contributed by atoms with Crippen molar-refractivity contribution in [3.63, 3.8) is 0 Å². The second-order valence-electron chi connectivity index (χ2n) is 5.89. The fraction of sp³-hybridized carbons (Fsp3) is 0.588. The van der Waals surface area contributed by atoms with Crippen LogP contribution in [0.3, 0.4) is 0 Å². The average molecular weight is 324 g/mol. The minimum absolute atomic E-state index is 0.0628. The third kappa shape index (κ3) is 4.45. The number of rotatable bonds is 6. The molecular formula is C17H26ClN3O. The van der Waals surface area contributed by atoms with Gasteiger partial charge in [-0.05, 0) is 43.0 Å². The highest BCUT2D eigenvalue weighted by atomic mass is 35.5. The maximum atomic E-state index is 12.1. The van der Waals surface area contributed by atoms with E-state index in [2.05, 4.69) is 23.2 Å². The zero-order chi connectivity index (χ0) is 15.9. The van der Waals surface area contributed by atoms with Gasteiger partial charge in [0.05, 0.1) is 5.92 Å². The highest BCUT2D eigenvalue weighted by Crippen LogP contribution is 2.25. The van der Waals surface area contributed by atoms with E-state index in [9.17, 15) is 4.79 Å². The van der Waals surface area contributed by atoms with Gasteiger partial charge in [-0.25, -0.2) is 0 Å². The lowest BCUT2D eigenvalue weighted by Gasteiger charge is -2.32. The topological polar surface area (TPSA) is 58.4 Å². The van der Waals surface area contributed by atoms with Gasteiger partial charge in [0.2, 0.25) is 5.91 Å². The Kier molecular flexibility index (Phi) is 6.68. The first-order chi connectivity index (χ1) is 10.7. The van der Waals surface area contributed by atoms with E-state index in [1.165, 1.54) is 11.1 Å². The monoisotopic (exact) mass is 323 g/mol. The molecule has 1 aromatic carbocycles. The number of carbonyl (C=O) groups is 1. The van der Waals surface area contributed by atoms with Crippen molar-refractivity contribution in [2.45, 2.75) is 32.7 Å². The zero-order valence-corrected chi connectivity index (χ0v) is 14.0. The van der Waals surface area contributed by atoms with Crippen molar-refractivity contribution in [3.05, 3.63) is 34.3 Å². The second-order valence-corrected chi connectivity index (χ2v) is 6.29. The Bertz CT molecular complexity index is 507. The van der Waals surface area contributed by atoms with E-state index in [1.54, 1.807) is 0 Å². The molecule has 3 N–H and O–H groups in total. The molecule has 5 heteroatoms. The Labute approximate surface area is 138 Å². The van der Waals surface area contributed by atoms with Crippen molar-refractivity contribution >= 4 is 17.5 Å². The van der Waals surface area contributed by atoms with E-state index in [4.69, 9.17) is 17.3 Å². The lowest BCUT2D eigenvalue weighted by atomic mass is 9.96. The van der Waals surface area contributed by atoms with Crippen LogP contribution in [0.4, 0.5) is 0 Å². The molecule has 22 heavy (non-hydrogen) atoms. The van der Waals surface area contributed by atoms with Gasteiger partial charge in [0.15, 0.2) is 0 Å². The fourth-order valence-corrected chi connectivity index (χ4v) is 3.34. The van der Waals surface area contributed by atoms with E-state index >= 15 is 0 Å². The van der Waals surface area contributed by atoms with Crippen LogP contribution >= 0.6 is 11.6 Å². The highest BCUT2D eigenvalue weighted by Gasteiger charge is 2.26. The number of aryl methyl sites for hydroxylation is 1. The molecule has 1 aliphatic rings. The summed E-state index contributed by atoms with van der Waals surface area (Å²) in [6, 6.07) is 6.09. The third-order valence-corrected chi connectivity index (χ3v) is 4.65. The highest BCUT2D eigenvalue weighted by molar-refractivity contribution is 6.31. The van der Waals surface area contributed by atoms with Crippen molar-refractivity contribution in [1.29, 1.82) is 0 Å². The Hall–Kier alpha value is -1.10. The number of piperidine rings is 1. The van der Waals surface area contributed by atoms with E-state index in [-0.39, 0.29) is 11.8 Å². The third-order valence-electron chi connectivity index (χ3n) is 4.30. The van der Waals surface area contributed by atoms with Gasteiger partial charge in [0.1, 0.15) is 0 Å². The number of likely N-dealkylation sites (tertiary alicyclic amines) is 1. The van der Waals surface area contributed by atoms with Crippen LogP contribution in [0, 0.1) is 5.92 Å². The van der Waals surface area contributed by atoms with Crippen molar-refractivity contribution in [2.75, 3.05) is 26.2 Å². The molecule has 1 aromatic rings. The zero-order valence-electron chi connectivity index (χ0n) is 13.3. The molecule has 0 bridgehead atoms. The lowest BCUT2D eigenvalue weighted by Crippen LogP contribution is -2.43. The van der Waals surface area contributed by atoms with Gasteiger partial charge in [-0.1, -0.05) is 30.7 Å². The minimum Gasteiger partial charge on any atom is -0.355 e. The van der Waals surface area contributed by atoms with Crippen LogP contribution in [-0.2, 0) is 17.8 Å². The number of nitrogens with one attached hydrogen (secondary N) is 1. The summed E-state index contributed by atoms with van der Waals surface area (Å²) >= 11 is 6.38. The van der Waals surface area contributed by atoms with E-state index in [0.29, 0.717) is 13.1 Å².